The summed E-state index contributed by atoms with van der Waals surface area (Å²) in [5, 5.41) is 47.1. The number of aliphatic hydroxyl groups is 3. The number of phenols is 1. The van der Waals surface area contributed by atoms with Crippen LogP contribution in [0.2, 0.25) is 25.7 Å². The van der Waals surface area contributed by atoms with Gasteiger partial charge in [0.25, 0.3) is 5.91 Å². The molecule has 4 atom stereocenters. The largest absolute Gasteiger partial charge is 0.508 e. The molecule has 0 spiro atoms. The fourth-order valence-corrected chi connectivity index (χ4v) is 7.18. The van der Waals surface area contributed by atoms with Crippen LogP contribution >= 0.6 is 0 Å². The number of aliphatic hydroxyl groups excluding tert-OH is 2. The van der Waals surface area contributed by atoms with E-state index < -0.39 is 66.1 Å². The van der Waals surface area contributed by atoms with Crippen molar-refractivity contribution in [3.8, 4) is 5.75 Å². The summed E-state index contributed by atoms with van der Waals surface area (Å²) in [7, 11) is 3.13. The molecule has 9 nitrogen and oxygen atoms in total. The standard InChI is InChI=1S/C27H36N2O7Si/c1-28-26(35)20-23(32)21(29(2)3)16-12-14-11-15-13(9-10-37(4,5)6)7-8-17(30)19(15)22(31)18(14)24(33)27(16,36)25(20)34/h7-8,14,16,21,30-31,34,36H,9-12H2,1-6H3,(H,28,35)/t14-,16-,21-,27-/m0/s1. The van der Waals surface area contributed by atoms with Gasteiger partial charge in [-0.3, -0.25) is 19.3 Å². The summed E-state index contributed by atoms with van der Waals surface area (Å²) in [5.41, 5.74) is -1.42. The molecule has 1 aromatic carbocycles. The molecular formula is C27H36N2O7Si. The number of nitrogens with zero attached hydrogens (tertiary/aromatic N) is 1. The summed E-state index contributed by atoms with van der Waals surface area (Å²) in [4.78, 5) is 41.3. The van der Waals surface area contributed by atoms with Crippen LogP contribution in [-0.2, 0) is 27.2 Å². The van der Waals surface area contributed by atoms with E-state index >= 15 is 0 Å². The molecule has 5 N–H and O–H groups in total. The van der Waals surface area contributed by atoms with Crippen molar-refractivity contribution in [2.45, 2.75) is 56.6 Å². The second-order valence-electron chi connectivity index (χ2n) is 11.8. The smallest absolute Gasteiger partial charge is 0.258 e. The van der Waals surface area contributed by atoms with E-state index in [1.54, 1.807) is 14.1 Å². The van der Waals surface area contributed by atoms with E-state index in [-0.39, 0.29) is 23.3 Å². The third-order valence-electron chi connectivity index (χ3n) is 8.05. The van der Waals surface area contributed by atoms with Crippen molar-refractivity contribution < 1.29 is 34.8 Å². The Morgan fingerprint density at radius 1 is 1.16 bits per heavy atom. The molecule has 1 fully saturated rings. The van der Waals surface area contributed by atoms with Gasteiger partial charge in [-0.25, -0.2) is 0 Å². The lowest BCUT2D eigenvalue weighted by atomic mass is 9.57. The zero-order valence-electron chi connectivity index (χ0n) is 22.2. The first kappa shape index (κ1) is 27.1. The summed E-state index contributed by atoms with van der Waals surface area (Å²) in [5.74, 6) is -5.72. The molecule has 0 saturated heterocycles. The number of fused-ring (bicyclic) bond motifs is 3. The number of nitrogens with one attached hydrogen (secondary N) is 1. The van der Waals surface area contributed by atoms with Crippen molar-refractivity contribution in [3.63, 3.8) is 0 Å². The van der Waals surface area contributed by atoms with Crippen LogP contribution < -0.4 is 5.32 Å². The highest BCUT2D eigenvalue weighted by atomic mass is 28.3. The van der Waals surface area contributed by atoms with Gasteiger partial charge in [0.15, 0.2) is 11.4 Å². The van der Waals surface area contributed by atoms with Crippen LogP contribution in [0.15, 0.2) is 29.0 Å². The second kappa shape index (κ2) is 9.11. The quantitative estimate of drug-likeness (QED) is 0.288. The third-order valence-corrected chi connectivity index (χ3v) is 9.80. The Morgan fingerprint density at radius 2 is 1.81 bits per heavy atom. The maximum Gasteiger partial charge on any atom is 0.258 e. The highest BCUT2D eigenvalue weighted by Crippen LogP contribution is 2.53. The molecule has 0 bridgehead atoms. The van der Waals surface area contributed by atoms with Crippen molar-refractivity contribution in [2.75, 3.05) is 21.1 Å². The normalized spacial score (nSPS) is 27.7. The summed E-state index contributed by atoms with van der Waals surface area (Å²) in [6, 6.07) is 3.32. The lowest BCUT2D eigenvalue weighted by Crippen LogP contribution is -2.65. The van der Waals surface area contributed by atoms with Crippen LogP contribution in [0, 0.1) is 11.8 Å². The molecule has 1 saturated carbocycles. The number of Topliss-reactive ketones (excluding diaryl/α,β-unsaturated/α-hetero) is 2. The van der Waals surface area contributed by atoms with Crippen LogP contribution in [-0.4, -0.2) is 83.7 Å². The minimum atomic E-state index is -2.58. The monoisotopic (exact) mass is 528 g/mol. The number of hydrogen-bond acceptors (Lipinski definition) is 8. The molecule has 37 heavy (non-hydrogen) atoms. The maximum atomic E-state index is 13.9. The first-order chi connectivity index (χ1) is 17.1. The number of carbonyl (C=O) groups is 3. The van der Waals surface area contributed by atoms with Crippen molar-refractivity contribution in [1.29, 1.82) is 0 Å². The SMILES string of the molecule is CNC(=O)C1=C(O)[C@@]2(O)C(=O)C3=C(O)c4c(O)ccc(CC[Si](C)(C)C)c4C[C@H]3C[C@H]2[C@H](N(C)C)C1=O. The van der Waals surface area contributed by atoms with E-state index in [4.69, 9.17) is 0 Å². The van der Waals surface area contributed by atoms with Gasteiger partial charge in [0, 0.05) is 26.6 Å². The Labute approximate surface area is 217 Å². The lowest BCUT2D eigenvalue weighted by molar-refractivity contribution is -0.153. The topological polar surface area (TPSA) is 147 Å². The number of aryl methyl sites for hydroxylation is 1. The molecule has 3 aliphatic rings. The maximum absolute atomic E-state index is 13.9. The van der Waals surface area contributed by atoms with Crippen LogP contribution in [0.3, 0.4) is 0 Å². The van der Waals surface area contributed by atoms with Gasteiger partial charge in [-0.2, -0.15) is 0 Å². The Kier molecular flexibility index (Phi) is 6.67. The minimum absolute atomic E-state index is 0.0986. The molecule has 0 heterocycles. The Hall–Kier alpha value is -2.95. The molecule has 0 aliphatic heterocycles. The molecule has 200 valence electrons. The molecular weight excluding hydrogens is 492 g/mol. The van der Waals surface area contributed by atoms with Gasteiger partial charge in [-0.1, -0.05) is 31.8 Å². The van der Waals surface area contributed by atoms with Gasteiger partial charge in [0.05, 0.1) is 11.6 Å². The molecule has 4 rings (SSSR count). The summed E-state index contributed by atoms with van der Waals surface area (Å²) >= 11 is 0. The third kappa shape index (κ3) is 4.11. The van der Waals surface area contributed by atoms with Gasteiger partial charge in [0.2, 0.25) is 5.78 Å². The van der Waals surface area contributed by atoms with Gasteiger partial charge in [0.1, 0.15) is 22.8 Å². The number of rotatable bonds is 5. The van der Waals surface area contributed by atoms with Crippen LogP contribution in [0.4, 0.5) is 0 Å². The molecule has 0 unspecified atom stereocenters. The summed E-state index contributed by atoms with van der Waals surface area (Å²) in [6.45, 7) is 6.81. The number of hydrogen-bond donors (Lipinski definition) is 5. The van der Waals surface area contributed by atoms with Gasteiger partial charge >= 0.3 is 0 Å². The summed E-state index contributed by atoms with van der Waals surface area (Å²) < 4.78 is 0. The molecule has 10 heteroatoms. The van der Waals surface area contributed by atoms with Gasteiger partial charge < -0.3 is 25.7 Å². The van der Waals surface area contributed by atoms with E-state index in [1.165, 1.54) is 18.0 Å². The van der Waals surface area contributed by atoms with Crippen molar-refractivity contribution in [1.82, 2.24) is 10.2 Å². The molecule has 1 aromatic rings. The molecule has 3 aliphatic carbocycles. The number of ketones is 2. The minimum Gasteiger partial charge on any atom is -0.508 e. The average molecular weight is 529 g/mol. The van der Waals surface area contributed by atoms with Crippen LogP contribution in [0.1, 0.15) is 23.1 Å². The van der Waals surface area contributed by atoms with Gasteiger partial charge in [-0.15, -0.1) is 0 Å². The van der Waals surface area contributed by atoms with Crippen molar-refractivity contribution in [2.24, 2.45) is 11.8 Å². The fraction of sp³-hybridized carbons (Fsp3) is 0.519. The predicted octanol–water partition coefficient (Wildman–Crippen LogP) is 2.11. The van der Waals surface area contributed by atoms with Crippen molar-refractivity contribution in [3.05, 3.63) is 45.7 Å². The average Bonchev–Trinajstić information content (AvgIpc) is 2.80. The van der Waals surface area contributed by atoms with Crippen molar-refractivity contribution >= 4 is 31.3 Å². The zero-order valence-corrected chi connectivity index (χ0v) is 23.2. The highest BCUT2D eigenvalue weighted by molar-refractivity contribution is 6.76. The van der Waals surface area contributed by atoms with E-state index in [9.17, 15) is 34.8 Å². The van der Waals surface area contributed by atoms with Gasteiger partial charge in [-0.05, 0) is 56.5 Å². The number of likely N-dealkylation sites (N-methyl/N-ethyl adjacent to an activating group) is 2. The fourth-order valence-electron chi connectivity index (χ4n) is 6.16. The molecule has 1 amide bonds. The Bertz CT molecular complexity index is 1260. The Morgan fingerprint density at radius 3 is 2.38 bits per heavy atom. The number of benzene rings is 1. The lowest BCUT2D eigenvalue weighted by Gasteiger charge is -2.50. The molecule has 0 radical (unpaired) electrons. The first-order valence-electron chi connectivity index (χ1n) is 12.6. The summed E-state index contributed by atoms with van der Waals surface area (Å²) in [6.07, 6.45) is 1.22. The van der Waals surface area contributed by atoms with E-state index in [2.05, 4.69) is 25.0 Å². The van der Waals surface area contributed by atoms with E-state index in [0.717, 1.165) is 23.6 Å². The Balaban J connectivity index is 1.91. The predicted molar refractivity (Wildman–Crippen MR) is 141 cm³/mol. The van der Waals surface area contributed by atoms with E-state index in [1.807, 2.05) is 6.07 Å². The van der Waals surface area contributed by atoms with Crippen LogP contribution in [0.5, 0.6) is 5.75 Å². The van der Waals surface area contributed by atoms with Crippen LogP contribution in [0.25, 0.3) is 5.76 Å². The number of amides is 1. The highest BCUT2D eigenvalue weighted by Gasteiger charge is 2.64. The number of carbonyl (C=O) groups excluding carboxylic acids is 3. The number of phenolic OH excluding ortho intramolecular Hbond substituents is 1. The number of aromatic hydroxyl groups is 1. The first-order valence-corrected chi connectivity index (χ1v) is 16.3. The molecule has 0 aromatic heterocycles. The second-order valence-corrected chi connectivity index (χ2v) is 17.5. The zero-order chi connectivity index (χ0) is 27.6. The van der Waals surface area contributed by atoms with E-state index in [0.29, 0.717) is 6.42 Å².